The number of anilines is 1. The van der Waals surface area contributed by atoms with Crippen LogP contribution in [0.1, 0.15) is 16.8 Å². The molecule has 0 aliphatic rings. The van der Waals surface area contributed by atoms with Crippen molar-refractivity contribution in [1.29, 1.82) is 0 Å². The number of nitrogen functional groups attached to an aromatic ring is 1. The largest absolute Gasteiger partial charge is 0.397 e. The van der Waals surface area contributed by atoms with E-state index in [0.717, 1.165) is 34.3 Å². The number of aryl methyl sites for hydroxylation is 1. The molecule has 0 spiro atoms. The summed E-state index contributed by atoms with van der Waals surface area (Å²) >= 11 is 0. The first-order valence-corrected chi connectivity index (χ1v) is 6.27. The Bertz CT molecular complexity index is 730. The van der Waals surface area contributed by atoms with Gasteiger partial charge in [-0.15, -0.1) is 0 Å². The van der Waals surface area contributed by atoms with Gasteiger partial charge in [0.2, 0.25) is 0 Å². The van der Waals surface area contributed by atoms with Crippen LogP contribution < -0.4 is 5.73 Å². The molecule has 3 aromatic rings. The van der Waals surface area contributed by atoms with Gasteiger partial charge < -0.3 is 5.73 Å². The van der Waals surface area contributed by atoms with Gasteiger partial charge in [0.1, 0.15) is 0 Å². The van der Waals surface area contributed by atoms with Gasteiger partial charge in [0, 0.05) is 24.2 Å². The normalized spacial score (nSPS) is 10.8. The van der Waals surface area contributed by atoms with Crippen LogP contribution in [-0.4, -0.2) is 9.97 Å². The SMILES string of the molecule is Cc1cnc(Cc2ccnc3ccccc23)c(N)c1. The van der Waals surface area contributed by atoms with E-state index in [2.05, 4.69) is 16.0 Å². The summed E-state index contributed by atoms with van der Waals surface area (Å²) in [5, 5.41) is 1.16. The van der Waals surface area contributed by atoms with Gasteiger partial charge in [-0.05, 0) is 36.2 Å². The summed E-state index contributed by atoms with van der Waals surface area (Å²) in [4.78, 5) is 8.80. The van der Waals surface area contributed by atoms with Crippen LogP contribution in [0, 0.1) is 6.92 Å². The fourth-order valence-corrected chi connectivity index (χ4v) is 2.26. The van der Waals surface area contributed by atoms with Crippen molar-refractivity contribution in [3.63, 3.8) is 0 Å². The first-order valence-electron chi connectivity index (χ1n) is 6.27. The molecular weight excluding hydrogens is 234 g/mol. The fourth-order valence-electron chi connectivity index (χ4n) is 2.26. The van der Waals surface area contributed by atoms with Crippen molar-refractivity contribution in [3.8, 4) is 0 Å². The molecule has 0 amide bonds. The van der Waals surface area contributed by atoms with E-state index in [1.54, 1.807) is 0 Å². The molecule has 2 aromatic heterocycles. The summed E-state index contributed by atoms with van der Waals surface area (Å²) in [6.07, 6.45) is 4.42. The van der Waals surface area contributed by atoms with Gasteiger partial charge in [0.15, 0.2) is 0 Å². The Balaban J connectivity index is 2.06. The van der Waals surface area contributed by atoms with Crippen molar-refractivity contribution in [1.82, 2.24) is 9.97 Å². The average molecular weight is 249 g/mol. The van der Waals surface area contributed by atoms with Crippen molar-refractivity contribution in [3.05, 3.63) is 65.6 Å². The first kappa shape index (κ1) is 11.7. The van der Waals surface area contributed by atoms with Crippen molar-refractivity contribution in [2.75, 3.05) is 5.73 Å². The Kier molecular flexibility index (Phi) is 2.88. The van der Waals surface area contributed by atoms with Crippen LogP contribution in [0.2, 0.25) is 0 Å². The number of nitrogens with zero attached hydrogens (tertiary/aromatic N) is 2. The number of pyridine rings is 2. The highest BCUT2D eigenvalue weighted by molar-refractivity contribution is 5.82. The van der Waals surface area contributed by atoms with Crippen molar-refractivity contribution >= 4 is 16.6 Å². The minimum Gasteiger partial charge on any atom is -0.397 e. The lowest BCUT2D eigenvalue weighted by molar-refractivity contribution is 1.07. The van der Waals surface area contributed by atoms with Gasteiger partial charge >= 0.3 is 0 Å². The highest BCUT2D eigenvalue weighted by Gasteiger charge is 2.06. The quantitative estimate of drug-likeness (QED) is 0.759. The van der Waals surface area contributed by atoms with Crippen molar-refractivity contribution < 1.29 is 0 Å². The summed E-state index contributed by atoms with van der Waals surface area (Å²) in [6, 6.07) is 12.1. The molecule has 3 rings (SSSR count). The third-order valence-corrected chi connectivity index (χ3v) is 3.24. The van der Waals surface area contributed by atoms with Crippen LogP contribution in [0.15, 0.2) is 48.8 Å². The zero-order valence-electron chi connectivity index (χ0n) is 10.8. The molecule has 0 fully saturated rings. The molecule has 3 heteroatoms. The smallest absolute Gasteiger partial charge is 0.0704 e. The highest BCUT2D eigenvalue weighted by atomic mass is 14.7. The number of rotatable bonds is 2. The Morgan fingerprint density at radius 2 is 1.95 bits per heavy atom. The number of fused-ring (bicyclic) bond motifs is 1. The monoisotopic (exact) mass is 249 g/mol. The van der Waals surface area contributed by atoms with Crippen molar-refractivity contribution in [2.24, 2.45) is 0 Å². The molecule has 0 saturated carbocycles. The van der Waals surface area contributed by atoms with Gasteiger partial charge in [-0.1, -0.05) is 18.2 Å². The molecule has 19 heavy (non-hydrogen) atoms. The predicted molar refractivity (Wildman–Crippen MR) is 77.9 cm³/mol. The van der Waals surface area contributed by atoms with E-state index in [9.17, 15) is 0 Å². The Labute approximate surface area is 112 Å². The molecule has 0 unspecified atom stereocenters. The van der Waals surface area contributed by atoms with Gasteiger partial charge in [-0.2, -0.15) is 0 Å². The van der Waals surface area contributed by atoms with Crippen LogP contribution in [-0.2, 0) is 6.42 Å². The van der Waals surface area contributed by atoms with E-state index in [-0.39, 0.29) is 0 Å². The summed E-state index contributed by atoms with van der Waals surface area (Å²) in [6.45, 7) is 2.00. The molecule has 0 bridgehead atoms. The van der Waals surface area contributed by atoms with E-state index in [0.29, 0.717) is 0 Å². The molecule has 0 aliphatic heterocycles. The molecule has 0 saturated heterocycles. The summed E-state index contributed by atoms with van der Waals surface area (Å²) < 4.78 is 0. The molecule has 2 N–H and O–H groups in total. The molecule has 3 nitrogen and oxygen atoms in total. The van der Waals surface area contributed by atoms with E-state index in [4.69, 9.17) is 5.73 Å². The third kappa shape index (κ3) is 2.27. The number of hydrogen-bond acceptors (Lipinski definition) is 3. The Hall–Kier alpha value is -2.42. The lowest BCUT2D eigenvalue weighted by Gasteiger charge is -2.08. The number of para-hydroxylation sites is 1. The molecular formula is C16H15N3. The number of benzene rings is 1. The van der Waals surface area contributed by atoms with Crippen molar-refractivity contribution in [2.45, 2.75) is 13.3 Å². The molecule has 0 aliphatic carbocycles. The lowest BCUT2D eigenvalue weighted by atomic mass is 10.0. The van der Waals surface area contributed by atoms with Crippen LogP contribution >= 0.6 is 0 Å². The zero-order valence-corrected chi connectivity index (χ0v) is 10.8. The molecule has 2 heterocycles. The zero-order chi connectivity index (χ0) is 13.2. The maximum Gasteiger partial charge on any atom is 0.0704 e. The predicted octanol–water partition coefficient (Wildman–Crippen LogP) is 3.11. The standard InChI is InChI=1S/C16H15N3/c1-11-8-14(17)16(19-10-11)9-12-6-7-18-15-5-3-2-4-13(12)15/h2-8,10H,9,17H2,1H3. The van der Waals surface area contributed by atoms with E-state index in [1.807, 2.05) is 49.6 Å². The van der Waals surface area contributed by atoms with Gasteiger partial charge in [-0.25, -0.2) is 0 Å². The maximum absolute atomic E-state index is 6.04. The van der Waals surface area contributed by atoms with Crippen LogP contribution in [0.5, 0.6) is 0 Å². The second-order valence-electron chi connectivity index (χ2n) is 4.71. The summed E-state index contributed by atoms with van der Waals surface area (Å²) in [5.74, 6) is 0. The second kappa shape index (κ2) is 4.69. The topological polar surface area (TPSA) is 51.8 Å². The Morgan fingerprint density at radius 3 is 2.79 bits per heavy atom. The maximum atomic E-state index is 6.04. The third-order valence-electron chi connectivity index (χ3n) is 3.24. The highest BCUT2D eigenvalue weighted by Crippen LogP contribution is 2.21. The Morgan fingerprint density at radius 1 is 1.11 bits per heavy atom. The van der Waals surface area contributed by atoms with Crippen LogP contribution in [0.3, 0.4) is 0 Å². The number of nitrogens with two attached hydrogens (primary N) is 1. The second-order valence-corrected chi connectivity index (χ2v) is 4.71. The van der Waals surface area contributed by atoms with Gasteiger partial charge in [0.25, 0.3) is 0 Å². The van der Waals surface area contributed by atoms with E-state index in [1.165, 1.54) is 5.56 Å². The van der Waals surface area contributed by atoms with Crippen LogP contribution in [0.25, 0.3) is 10.9 Å². The molecule has 1 aromatic carbocycles. The van der Waals surface area contributed by atoms with E-state index < -0.39 is 0 Å². The number of aromatic nitrogens is 2. The molecule has 0 atom stereocenters. The van der Waals surface area contributed by atoms with Crippen LogP contribution in [0.4, 0.5) is 5.69 Å². The average Bonchev–Trinajstić information content (AvgIpc) is 2.42. The van der Waals surface area contributed by atoms with E-state index >= 15 is 0 Å². The number of hydrogen-bond donors (Lipinski definition) is 1. The van der Waals surface area contributed by atoms with Gasteiger partial charge in [-0.3, -0.25) is 9.97 Å². The summed E-state index contributed by atoms with van der Waals surface area (Å²) in [5.41, 5.74) is 11.0. The molecule has 94 valence electrons. The molecule has 0 radical (unpaired) electrons. The van der Waals surface area contributed by atoms with Gasteiger partial charge in [0.05, 0.1) is 16.9 Å². The minimum atomic E-state index is 0.731. The fraction of sp³-hybridized carbons (Fsp3) is 0.125. The first-order chi connectivity index (χ1) is 9.24. The summed E-state index contributed by atoms with van der Waals surface area (Å²) in [7, 11) is 0. The minimum absolute atomic E-state index is 0.731. The lowest BCUT2D eigenvalue weighted by Crippen LogP contribution is -2.00.